The van der Waals surface area contributed by atoms with Crippen molar-refractivity contribution in [2.24, 2.45) is 17.6 Å². The lowest BCUT2D eigenvalue weighted by Crippen LogP contribution is -2.49. The summed E-state index contributed by atoms with van der Waals surface area (Å²) in [5.41, 5.74) is 6.11. The molecular formula is C12H24N2. The number of nitrogens with zero attached hydrogens (tertiary/aromatic N) is 1. The molecule has 2 N–H and O–H groups in total. The van der Waals surface area contributed by atoms with Crippen LogP contribution >= 0.6 is 0 Å². The molecule has 2 heteroatoms. The van der Waals surface area contributed by atoms with E-state index in [1.165, 1.54) is 32.2 Å². The molecule has 14 heavy (non-hydrogen) atoms. The van der Waals surface area contributed by atoms with Gasteiger partial charge in [0.15, 0.2) is 0 Å². The van der Waals surface area contributed by atoms with Crippen LogP contribution in [0.25, 0.3) is 0 Å². The second-order valence-electron chi connectivity index (χ2n) is 5.59. The van der Waals surface area contributed by atoms with Gasteiger partial charge in [-0.3, -0.25) is 4.90 Å². The molecule has 0 amide bonds. The first-order chi connectivity index (χ1) is 6.65. The molecule has 2 aliphatic rings. The molecule has 2 unspecified atom stereocenters. The topological polar surface area (TPSA) is 29.3 Å². The third kappa shape index (κ3) is 2.71. The Labute approximate surface area is 87.8 Å². The molecule has 1 heterocycles. The molecule has 2 nitrogen and oxygen atoms in total. The average Bonchev–Trinajstić information content (AvgIpc) is 2.87. The summed E-state index contributed by atoms with van der Waals surface area (Å²) in [6.07, 6.45) is 5.66. The largest absolute Gasteiger partial charge is 0.327 e. The van der Waals surface area contributed by atoms with Crippen LogP contribution in [0.3, 0.4) is 0 Å². The maximum absolute atomic E-state index is 6.11. The number of piperidine rings is 1. The molecule has 1 saturated heterocycles. The van der Waals surface area contributed by atoms with Crippen molar-refractivity contribution in [1.82, 2.24) is 4.90 Å². The molecule has 1 aliphatic carbocycles. The third-order valence-corrected chi connectivity index (χ3v) is 3.69. The molecule has 82 valence electrons. The zero-order chi connectivity index (χ0) is 10.1. The third-order valence-electron chi connectivity index (χ3n) is 3.69. The quantitative estimate of drug-likeness (QED) is 0.746. The Balaban J connectivity index is 1.84. The van der Waals surface area contributed by atoms with Gasteiger partial charge in [0.25, 0.3) is 0 Å². The van der Waals surface area contributed by atoms with Gasteiger partial charge in [-0.1, -0.05) is 12.8 Å². The fourth-order valence-corrected chi connectivity index (χ4v) is 2.70. The molecule has 0 aromatic carbocycles. The Morgan fingerprint density at radius 3 is 2.50 bits per heavy atom. The molecular weight excluding hydrogens is 172 g/mol. The van der Waals surface area contributed by atoms with Crippen molar-refractivity contribution in [3.05, 3.63) is 0 Å². The van der Waals surface area contributed by atoms with Crippen LogP contribution in [0.5, 0.6) is 0 Å². The van der Waals surface area contributed by atoms with Crippen LogP contribution in [0, 0.1) is 11.8 Å². The van der Waals surface area contributed by atoms with Crippen LogP contribution in [0.4, 0.5) is 0 Å². The van der Waals surface area contributed by atoms with Gasteiger partial charge in [0.05, 0.1) is 0 Å². The van der Waals surface area contributed by atoms with Crippen molar-refractivity contribution in [2.45, 2.75) is 51.6 Å². The van der Waals surface area contributed by atoms with E-state index in [2.05, 4.69) is 18.7 Å². The fraction of sp³-hybridized carbons (Fsp3) is 1.00. The van der Waals surface area contributed by atoms with Gasteiger partial charge in [0.1, 0.15) is 0 Å². The number of likely N-dealkylation sites (tertiary alicyclic amines) is 1. The van der Waals surface area contributed by atoms with E-state index in [-0.39, 0.29) is 0 Å². The summed E-state index contributed by atoms with van der Waals surface area (Å²) in [7, 11) is 0. The highest BCUT2D eigenvalue weighted by molar-refractivity contribution is 4.86. The summed E-state index contributed by atoms with van der Waals surface area (Å²) in [6, 6.07) is 1.10. The van der Waals surface area contributed by atoms with Crippen LogP contribution in [0.15, 0.2) is 0 Å². The van der Waals surface area contributed by atoms with Crippen molar-refractivity contribution >= 4 is 0 Å². The van der Waals surface area contributed by atoms with Crippen molar-refractivity contribution in [3.8, 4) is 0 Å². The van der Waals surface area contributed by atoms with Gasteiger partial charge in [-0.05, 0) is 38.5 Å². The second-order valence-corrected chi connectivity index (χ2v) is 5.59. The van der Waals surface area contributed by atoms with E-state index in [1.54, 1.807) is 0 Å². The van der Waals surface area contributed by atoms with Crippen molar-refractivity contribution in [1.29, 1.82) is 0 Å². The van der Waals surface area contributed by atoms with Crippen molar-refractivity contribution < 1.29 is 0 Å². The lowest BCUT2D eigenvalue weighted by Gasteiger charge is -2.38. The van der Waals surface area contributed by atoms with Crippen molar-refractivity contribution in [2.75, 3.05) is 13.1 Å². The lowest BCUT2D eigenvalue weighted by molar-refractivity contribution is 0.117. The lowest BCUT2D eigenvalue weighted by atomic mass is 9.89. The standard InChI is InChI=1S/C12H24N2/c1-9(2)14-7-11(5-10-3-4-10)6-12(13)8-14/h9-12H,3-8,13H2,1-2H3. The highest BCUT2D eigenvalue weighted by Gasteiger charge is 2.31. The minimum Gasteiger partial charge on any atom is -0.327 e. The van der Waals surface area contributed by atoms with Gasteiger partial charge in [-0.25, -0.2) is 0 Å². The average molecular weight is 196 g/mol. The van der Waals surface area contributed by atoms with Crippen LogP contribution in [-0.4, -0.2) is 30.1 Å². The van der Waals surface area contributed by atoms with Gasteiger partial charge < -0.3 is 5.73 Å². The van der Waals surface area contributed by atoms with E-state index in [1.807, 2.05) is 0 Å². The molecule has 0 aromatic rings. The van der Waals surface area contributed by atoms with Crippen LogP contribution in [0.2, 0.25) is 0 Å². The van der Waals surface area contributed by atoms with Crippen molar-refractivity contribution in [3.63, 3.8) is 0 Å². The van der Waals surface area contributed by atoms with Crippen LogP contribution in [0.1, 0.15) is 39.5 Å². The van der Waals surface area contributed by atoms with Crippen LogP contribution < -0.4 is 5.73 Å². The van der Waals surface area contributed by atoms with Gasteiger partial charge in [0.2, 0.25) is 0 Å². The number of hydrogen-bond donors (Lipinski definition) is 1. The minimum absolute atomic E-state index is 0.426. The fourth-order valence-electron chi connectivity index (χ4n) is 2.70. The summed E-state index contributed by atoms with van der Waals surface area (Å²) < 4.78 is 0. The van der Waals surface area contributed by atoms with Gasteiger partial charge >= 0.3 is 0 Å². The first-order valence-electron chi connectivity index (χ1n) is 6.14. The maximum atomic E-state index is 6.11. The Morgan fingerprint density at radius 1 is 1.21 bits per heavy atom. The number of nitrogens with two attached hydrogens (primary N) is 1. The van der Waals surface area contributed by atoms with Crippen LogP contribution in [-0.2, 0) is 0 Å². The zero-order valence-corrected chi connectivity index (χ0v) is 9.58. The predicted octanol–water partition coefficient (Wildman–Crippen LogP) is 1.84. The Kier molecular flexibility index (Phi) is 3.13. The van der Waals surface area contributed by atoms with E-state index in [0.29, 0.717) is 12.1 Å². The Hall–Kier alpha value is -0.0800. The van der Waals surface area contributed by atoms with E-state index >= 15 is 0 Å². The molecule has 0 aromatic heterocycles. The van der Waals surface area contributed by atoms with E-state index in [9.17, 15) is 0 Å². The molecule has 2 fully saturated rings. The molecule has 1 saturated carbocycles. The summed E-state index contributed by atoms with van der Waals surface area (Å²) in [4.78, 5) is 2.56. The molecule has 0 bridgehead atoms. The normalized spacial score (nSPS) is 35.1. The van der Waals surface area contributed by atoms with E-state index < -0.39 is 0 Å². The SMILES string of the molecule is CC(C)N1CC(N)CC(CC2CC2)C1. The summed E-state index contributed by atoms with van der Waals surface area (Å²) in [5, 5.41) is 0. The first kappa shape index (κ1) is 10.4. The summed E-state index contributed by atoms with van der Waals surface area (Å²) in [6.45, 7) is 6.97. The maximum Gasteiger partial charge on any atom is 0.0171 e. The first-order valence-corrected chi connectivity index (χ1v) is 6.14. The predicted molar refractivity (Wildman–Crippen MR) is 60.1 cm³/mol. The monoisotopic (exact) mass is 196 g/mol. The highest BCUT2D eigenvalue weighted by atomic mass is 15.2. The Morgan fingerprint density at radius 2 is 1.93 bits per heavy atom. The Bertz CT molecular complexity index is 185. The molecule has 2 atom stereocenters. The highest BCUT2D eigenvalue weighted by Crippen LogP contribution is 2.37. The van der Waals surface area contributed by atoms with Gasteiger partial charge in [-0.2, -0.15) is 0 Å². The van der Waals surface area contributed by atoms with Gasteiger partial charge in [0, 0.05) is 25.2 Å². The molecule has 1 aliphatic heterocycles. The summed E-state index contributed by atoms with van der Waals surface area (Å²) in [5.74, 6) is 1.94. The van der Waals surface area contributed by atoms with E-state index in [4.69, 9.17) is 5.73 Å². The number of hydrogen-bond acceptors (Lipinski definition) is 2. The molecule has 0 spiro atoms. The molecule has 2 rings (SSSR count). The molecule has 0 radical (unpaired) electrons. The van der Waals surface area contributed by atoms with E-state index in [0.717, 1.165) is 18.4 Å². The van der Waals surface area contributed by atoms with Gasteiger partial charge in [-0.15, -0.1) is 0 Å². The second kappa shape index (κ2) is 4.19. The summed E-state index contributed by atoms with van der Waals surface area (Å²) >= 11 is 0. The zero-order valence-electron chi connectivity index (χ0n) is 9.58. The minimum atomic E-state index is 0.426. The smallest absolute Gasteiger partial charge is 0.0171 e. The number of rotatable bonds is 3.